The largest absolute Gasteiger partial charge is 0.400 e. The molecule has 0 bridgehead atoms. The quantitative estimate of drug-likeness (QED) is 0.888. The highest BCUT2D eigenvalue weighted by molar-refractivity contribution is 5.16. The van der Waals surface area contributed by atoms with E-state index in [1.54, 1.807) is 0 Å². The highest BCUT2D eigenvalue weighted by Crippen LogP contribution is 2.32. The summed E-state index contributed by atoms with van der Waals surface area (Å²) in [4.78, 5) is 4.83. The smallest absolute Gasteiger partial charge is 0.0437 e. The van der Waals surface area contributed by atoms with E-state index in [-0.39, 0.29) is 5.54 Å². The lowest BCUT2D eigenvalue weighted by Gasteiger charge is -2.20. The van der Waals surface area contributed by atoms with E-state index in [1.165, 1.54) is 37.1 Å². The van der Waals surface area contributed by atoms with Gasteiger partial charge in [-0.25, -0.2) is 0 Å². The number of hydrogen-bond acceptors (Lipinski definition) is 3. The standard InChI is InChI=1S/C16H26N2.CH4O/c1-16(2,3)17-12-11-14-9-6-10-15(18-14)13-7-4-5-8-13;1-2/h6,9-10,13,17H,4-5,7-8,11-12H2,1-3H3;2H,1H3. The first-order valence-corrected chi connectivity index (χ1v) is 7.70. The average molecular weight is 278 g/mol. The minimum Gasteiger partial charge on any atom is -0.400 e. The van der Waals surface area contributed by atoms with Gasteiger partial charge in [0.2, 0.25) is 0 Å². The lowest BCUT2D eigenvalue weighted by Crippen LogP contribution is -2.37. The third-order valence-corrected chi connectivity index (χ3v) is 3.64. The molecule has 1 heterocycles. The van der Waals surface area contributed by atoms with E-state index in [0.29, 0.717) is 0 Å². The van der Waals surface area contributed by atoms with E-state index >= 15 is 0 Å². The Labute approximate surface area is 123 Å². The highest BCUT2D eigenvalue weighted by atomic mass is 16.2. The van der Waals surface area contributed by atoms with Gasteiger partial charge in [-0.2, -0.15) is 0 Å². The summed E-state index contributed by atoms with van der Waals surface area (Å²) in [5, 5.41) is 10.5. The third kappa shape index (κ3) is 6.02. The fraction of sp³-hybridized carbons (Fsp3) is 0.706. The number of aliphatic hydroxyl groups is 1. The highest BCUT2D eigenvalue weighted by Gasteiger charge is 2.18. The first-order valence-electron chi connectivity index (χ1n) is 7.70. The maximum atomic E-state index is 7.00. The van der Waals surface area contributed by atoms with Crippen LogP contribution in [0.3, 0.4) is 0 Å². The van der Waals surface area contributed by atoms with Crippen LogP contribution < -0.4 is 5.32 Å². The molecule has 0 aromatic carbocycles. The summed E-state index contributed by atoms with van der Waals surface area (Å²) in [5.74, 6) is 0.723. The topological polar surface area (TPSA) is 45.2 Å². The predicted octanol–water partition coefficient (Wildman–Crippen LogP) is 3.28. The van der Waals surface area contributed by atoms with Crippen molar-refractivity contribution >= 4 is 0 Å². The molecule has 20 heavy (non-hydrogen) atoms. The molecule has 1 aromatic heterocycles. The van der Waals surface area contributed by atoms with Gasteiger partial charge in [0.15, 0.2) is 0 Å². The van der Waals surface area contributed by atoms with Crippen molar-refractivity contribution in [3.63, 3.8) is 0 Å². The molecular weight excluding hydrogens is 248 g/mol. The third-order valence-electron chi connectivity index (χ3n) is 3.64. The molecule has 0 aliphatic heterocycles. The van der Waals surface area contributed by atoms with Crippen molar-refractivity contribution in [1.29, 1.82) is 0 Å². The van der Waals surface area contributed by atoms with Gasteiger partial charge in [-0.05, 0) is 45.7 Å². The molecule has 1 aromatic rings. The van der Waals surface area contributed by atoms with E-state index < -0.39 is 0 Å². The number of aromatic nitrogens is 1. The molecule has 3 nitrogen and oxygen atoms in total. The van der Waals surface area contributed by atoms with E-state index in [4.69, 9.17) is 10.1 Å². The Balaban J connectivity index is 0.000000956. The van der Waals surface area contributed by atoms with Gasteiger partial charge in [0.1, 0.15) is 0 Å². The second-order valence-corrected chi connectivity index (χ2v) is 6.46. The monoisotopic (exact) mass is 278 g/mol. The van der Waals surface area contributed by atoms with Gasteiger partial charge < -0.3 is 10.4 Å². The summed E-state index contributed by atoms with van der Waals surface area (Å²) in [6, 6.07) is 6.53. The van der Waals surface area contributed by atoms with Gasteiger partial charge in [0.25, 0.3) is 0 Å². The van der Waals surface area contributed by atoms with Crippen molar-refractivity contribution in [3.05, 3.63) is 29.6 Å². The molecule has 114 valence electrons. The molecule has 0 radical (unpaired) electrons. The fourth-order valence-corrected chi connectivity index (χ4v) is 2.65. The molecule has 2 N–H and O–H groups in total. The van der Waals surface area contributed by atoms with E-state index in [1.807, 2.05) is 0 Å². The minimum atomic E-state index is 0.197. The maximum Gasteiger partial charge on any atom is 0.0437 e. The van der Waals surface area contributed by atoms with Crippen LogP contribution in [-0.2, 0) is 6.42 Å². The number of hydrogen-bond donors (Lipinski definition) is 2. The summed E-state index contributed by atoms with van der Waals surface area (Å²) in [7, 11) is 1.00. The Morgan fingerprint density at radius 1 is 1.20 bits per heavy atom. The average Bonchev–Trinajstić information content (AvgIpc) is 2.94. The van der Waals surface area contributed by atoms with Crippen LogP contribution in [0, 0.1) is 0 Å². The van der Waals surface area contributed by atoms with Gasteiger partial charge in [-0.3, -0.25) is 4.98 Å². The molecule has 2 rings (SSSR count). The molecule has 0 spiro atoms. The normalized spacial score (nSPS) is 15.8. The Kier molecular flexibility index (Phi) is 7.17. The zero-order chi connectivity index (χ0) is 15.0. The van der Waals surface area contributed by atoms with Crippen molar-refractivity contribution in [2.45, 2.75) is 64.3 Å². The molecule has 1 fully saturated rings. The number of pyridine rings is 1. The number of rotatable bonds is 4. The number of nitrogens with zero attached hydrogens (tertiary/aromatic N) is 1. The van der Waals surface area contributed by atoms with E-state index in [9.17, 15) is 0 Å². The summed E-state index contributed by atoms with van der Waals surface area (Å²) in [6.07, 6.45) is 6.44. The molecule has 1 saturated carbocycles. The SMILES string of the molecule is CC(C)(C)NCCc1cccc(C2CCCC2)n1.CO. The van der Waals surface area contributed by atoms with Gasteiger partial charge >= 0.3 is 0 Å². The van der Waals surface area contributed by atoms with Crippen molar-refractivity contribution in [2.75, 3.05) is 13.7 Å². The molecule has 1 aliphatic carbocycles. The molecule has 0 amide bonds. The summed E-state index contributed by atoms with van der Waals surface area (Å²) < 4.78 is 0. The lowest BCUT2D eigenvalue weighted by molar-refractivity contribution is 0.399. The second-order valence-electron chi connectivity index (χ2n) is 6.46. The van der Waals surface area contributed by atoms with Crippen LogP contribution in [0.1, 0.15) is 63.8 Å². The van der Waals surface area contributed by atoms with Crippen LogP contribution in [0.2, 0.25) is 0 Å². The first-order chi connectivity index (χ1) is 9.54. The Hall–Kier alpha value is -0.930. The zero-order valence-electron chi connectivity index (χ0n) is 13.4. The molecular formula is C17H30N2O. The molecule has 0 saturated heterocycles. The first kappa shape index (κ1) is 17.1. The van der Waals surface area contributed by atoms with E-state index in [2.05, 4.69) is 44.3 Å². The van der Waals surface area contributed by atoms with E-state index in [0.717, 1.165) is 26.0 Å². The molecule has 3 heteroatoms. The van der Waals surface area contributed by atoms with Crippen LogP contribution in [0.25, 0.3) is 0 Å². The Morgan fingerprint density at radius 2 is 1.85 bits per heavy atom. The molecule has 1 aliphatic rings. The van der Waals surface area contributed by atoms with Crippen molar-refractivity contribution in [2.24, 2.45) is 0 Å². The molecule has 0 unspecified atom stereocenters. The predicted molar refractivity (Wildman–Crippen MR) is 85.0 cm³/mol. The lowest BCUT2D eigenvalue weighted by atomic mass is 10.0. The number of nitrogens with one attached hydrogen (secondary N) is 1. The fourth-order valence-electron chi connectivity index (χ4n) is 2.65. The van der Waals surface area contributed by atoms with Crippen molar-refractivity contribution in [1.82, 2.24) is 10.3 Å². The van der Waals surface area contributed by atoms with Crippen LogP contribution in [0.4, 0.5) is 0 Å². The Bertz CT molecular complexity index is 379. The van der Waals surface area contributed by atoms with Crippen LogP contribution in [0.5, 0.6) is 0 Å². The van der Waals surface area contributed by atoms with Crippen LogP contribution >= 0.6 is 0 Å². The van der Waals surface area contributed by atoms with Gasteiger partial charge in [-0.1, -0.05) is 18.9 Å². The summed E-state index contributed by atoms with van der Waals surface area (Å²) >= 11 is 0. The zero-order valence-corrected chi connectivity index (χ0v) is 13.4. The number of aliphatic hydroxyl groups excluding tert-OH is 1. The van der Waals surface area contributed by atoms with Crippen molar-refractivity contribution < 1.29 is 5.11 Å². The van der Waals surface area contributed by atoms with Gasteiger partial charge in [-0.15, -0.1) is 0 Å². The van der Waals surface area contributed by atoms with Crippen LogP contribution in [-0.4, -0.2) is 29.3 Å². The Morgan fingerprint density at radius 3 is 2.45 bits per heavy atom. The molecule has 0 atom stereocenters. The second kappa shape index (κ2) is 8.38. The van der Waals surface area contributed by atoms with Gasteiger partial charge in [0, 0.05) is 42.9 Å². The van der Waals surface area contributed by atoms with Gasteiger partial charge in [0.05, 0.1) is 0 Å². The summed E-state index contributed by atoms with van der Waals surface area (Å²) in [6.45, 7) is 7.62. The van der Waals surface area contributed by atoms with Crippen LogP contribution in [0.15, 0.2) is 18.2 Å². The maximum absolute atomic E-state index is 7.00. The van der Waals surface area contributed by atoms with Crippen molar-refractivity contribution in [3.8, 4) is 0 Å². The summed E-state index contributed by atoms with van der Waals surface area (Å²) in [5.41, 5.74) is 2.75. The minimum absolute atomic E-state index is 0.197.